The molecule has 1 aromatic carbocycles. The van der Waals surface area contributed by atoms with E-state index in [4.69, 9.17) is 11.6 Å². The average molecular weight is 323 g/mol. The summed E-state index contributed by atoms with van der Waals surface area (Å²) in [6.45, 7) is 3.52. The minimum absolute atomic E-state index is 0.157. The number of nitrogens with one attached hydrogen (secondary N) is 1. The number of carbonyl (C=O) groups excluding carboxylic acids is 1. The molecule has 0 saturated carbocycles. The van der Waals surface area contributed by atoms with Gasteiger partial charge in [0.15, 0.2) is 0 Å². The Morgan fingerprint density at radius 2 is 1.82 bits per heavy atom. The van der Waals surface area contributed by atoms with Crippen LogP contribution in [0.1, 0.15) is 24.3 Å². The van der Waals surface area contributed by atoms with Gasteiger partial charge in [-0.3, -0.25) is 14.2 Å². The number of nitrogens with zero attached hydrogens (tertiary/aromatic N) is 3. The van der Waals surface area contributed by atoms with Gasteiger partial charge in [0.1, 0.15) is 0 Å². The molecule has 8 heteroatoms. The Balaban J connectivity index is 2.63. The molecule has 116 valence electrons. The molecular formula is C14H15ClN4O3. The van der Waals surface area contributed by atoms with Crippen LogP contribution in [0.5, 0.6) is 0 Å². The van der Waals surface area contributed by atoms with Crippen molar-refractivity contribution in [2.75, 3.05) is 0 Å². The van der Waals surface area contributed by atoms with Gasteiger partial charge in [-0.05, 0) is 38.1 Å². The molecule has 0 spiro atoms. The van der Waals surface area contributed by atoms with E-state index in [9.17, 15) is 14.4 Å². The third-order valence-corrected chi connectivity index (χ3v) is 3.13. The SMILES string of the molecule is CC(C)NC(=O)c1nn(-c2ccc(Cl)cc2)c(=O)n(C)c1=O. The largest absolute Gasteiger partial charge is 0.351 e. The van der Waals surface area contributed by atoms with Gasteiger partial charge in [-0.1, -0.05) is 11.6 Å². The second-order valence-electron chi connectivity index (χ2n) is 5.01. The molecule has 0 aliphatic rings. The third-order valence-electron chi connectivity index (χ3n) is 2.88. The molecule has 0 bridgehead atoms. The summed E-state index contributed by atoms with van der Waals surface area (Å²) >= 11 is 5.81. The molecule has 0 radical (unpaired) electrons. The predicted octanol–water partition coefficient (Wildman–Crippen LogP) is 0.723. The van der Waals surface area contributed by atoms with E-state index >= 15 is 0 Å². The lowest BCUT2D eigenvalue weighted by atomic mass is 10.3. The van der Waals surface area contributed by atoms with Gasteiger partial charge < -0.3 is 5.32 Å². The fourth-order valence-corrected chi connectivity index (χ4v) is 1.92. The van der Waals surface area contributed by atoms with Crippen LogP contribution in [0.15, 0.2) is 33.9 Å². The molecule has 0 aliphatic heterocycles. The van der Waals surface area contributed by atoms with Gasteiger partial charge in [-0.2, -0.15) is 9.78 Å². The van der Waals surface area contributed by atoms with Crippen LogP contribution in [0.3, 0.4) is 0 Å². The molecule has 0 saturated heterocycles. The normalized spacial score (nSPS) is 10.8. The van der Waals surface area contributed by atoms with E-state index in [1.54, 1.807) is 38.1 Å². The standard InChI is InChI=1S/C14H15ClN4O3/c1-8(2)16-12(20)11-13(21)18(3)14(22)19(17-11)10-6-4-9(15)5-7-10/h4-8H,1-3H3,(H,16,20). The average Bonchev–Trinajstić information content (AvgIpc) is 2.45. The second-order valence-corrected chi connectivity index (χ2v) is 5.45. The zero-order valence-corrected chi connectivity index (χ0v) is 13.1. The Bertz CT molecular complexity index is 821. The van der Waals surface area contributed by atoms with Crippen LogP contribution < -0.4 is 16.6 Å². The summed E-state index contributed by atoms with van der Waals surface area (Å²) in [6.07, 6.45) is 0. The summed E-state index contributed by atoms with van der Waals surface area (Å²) in [7, 11) is 1.30. The van der Waals surface area contributed by atoms with Crippen molar-refractivity contribution in [3.05, 3.63) is 55.8 Å². The van der Waals surface area contributed by atoms with Crippen LogP contribution in [0, 0.1) is 0 Å². The Morgan fingerprint density at radius 1 is 1.23 bits per heavy atom. The maximum Gasteiger partial charge on any atom is 0.351 e. The lowest BCUT2D eigenvalue weighted by Crippen LogP contribution is -2.45. The third kappa shape index (κ3) is 3.09. The first-order chi connectivity index (χ1) is 10.3. The maximum absolute atomic E-state index is 12.2. The van der Waals surface area contributed by atoms with E-state index in [1.807, 2.05) is 0 Å². The zero-order valence-electron chi connectivity index (χ0n) is 12.3. The number of aromatic nitrogens is 3. The highest BCUT2D eigenvalue weighted by atomic mass is 35.5. The van der Waals surface area contributed by atoms with Gasteiger partial charge >= 0.3 is 5.69 Å². The fourth-order valence-electron chi connectivity index (χ4n) is 1.80. The van der Waals surface area contributed by atoms with E-state index in [2.05, 4.69) is 10.4 Å². The second kappa shape index (κ2) is 6.15. The van der Waals surface area contributed by atoms with Crippen molar-refractivity contribution in [3.8, 4) is 5.69 Å². The topological polar surface area (TPSA) is 86.0 Å². The lowest BCUT2D eigenvalue weighted by molar-refractivity contribution is 0.0933. The van der Waals surface area contributed by atoms with Crippen LogP contribution in [0.2, 0.25) is 5.02 Å². The monoisotopic (exact) mass is 322 g/mol. The van der Waals surface area contributed by atoms with Gasteiger partial charge in [-0.25, -0.2) is 4.79 Å². The number of hydrogen-bond donors (Lipinski definition) is 1. The number of amides is 1. The highest BCUT2D eigenvalue weighted by Gasteiger charge is 2.19. The Kier molecular flexibility index (Phi) is 4.46. The van der Waals surface area contributed by atoms with Crippen molar-refractivity contribution >= 4 is 17.5 Å². The highest BCUT2D eigenvalue weighted by Crippen LogP contribution is 2.10. The molecule has 0 fully saturated rings. The van der Waals surface area contributed by atoms with E-state index in [-0.39, 0.29) is 11.7 Å². The molecule has 2 rings (SSSR count). The van der Waals surface area contributed by atoms with Crippen LogP contribution in [-0.4, -0.2) is 26.3 Å². The molecule has 1 N–H and O–H groups in total. The first-order valence-electron chi connectivity index (χ1n) is 6.58. The lowest BCUT2D eigenvalue weighted by Gasteiger charge is -2.11. The van der Waals surface area contributed by atoms with E-state index in [1.165, 1.54) is 7.05 Å². The minimum Gasteiger partial charge on any atom is -0.348 e. The quantitative estimate of drug-likeness (QED) is 0.902. The molecule has 1 amide bonds. The summed E-state index contributed by atoms with van der Waals surface area (Å²) in [4.78, 5) is 36.3. The van der Waals surface area contributed by atoms with Gasteiger partial charge in [0, 0.05) is 18.1 Å². The zero-order chi connectivity index (χ0) is 16.4. The number of rotatable bonds is 3. The number of benzene rings is 1. The van der Waals surface area contributed by atoms with Crippen molar-refractivity contribution in [2.45, 2.75) is 19.9 Å². The Morgan fingerprint density at radius 3 is 2.36 bits per heavy atom. The highest BCUT2D eigenvalue weighted by molar-refractivity contribution is 6.30. The van der Waals surface area contributed by atoms with Crippen molar-refractivity contribution in [2.24, 2.45) is 7.05 Å². The summed E-state index contributed by atoms with van der Waals surface area (Å²) in [5.41, 5.74) is -1.32. The van der Waals surface area contributed by atoms with Crippen LogP contribution >= 0.6 is 11.6 Å². The van der Waals surface area contributed by atoms with E-state index < -0.39 is 17.2 Å². The van der Waals surface area contributed by atoms with E-state index in [0.29, 0.717) is 10.7 Å². The molecule has 7 nitrogen and oxygen atoms in total. The molecule has 2 aromatic rings. The molecule has 0 aliphatic carbocycles. The van der Waals surface area contributed by atoms with Crippen molar-refractivity contribution in [1.29, 1.82) is 0 Å². The molecular weight excluding hydrogens is 308 g/mol. The molecule has 22 heavy (non-hydrogen) atoms. The van der Waals surface area contributed by atoms with Gasteiger partial charge in [0.25, 0.3) is 11.5 Å². The molecule has 0 atom stereocenters. The summed E-state index contributed by atoms with van der Waals surface area (Å²) < 4.78 is 1.84. The van der Waals surface area contributed by atoms with Gasteiger partial charge in [-0.15, -0.1) is 0 Å². The van der Waals surface area contributed by atoms with Crippen molar-refractivity contribution in [1.82, 2.24) is 19.7 Å². The van der Waals surface area contributed by atoms with Crippen LogP contribution in [-0.2, 0) is 7.05 Å². The summed E-state index contributed by atoms with van der Waals surface area (Å²) in [6, 6.07) is 6.17. The Hall–Kier alpha value is -2.41. The first-order valence-corrected chi connectivity index (χ1v) is 6.96. The minimum atomic E-state index is -0.742. The summed E-state index contributed by atoms with van der Waals surface area (Å²) in [5.74, 6) is -0.627. The number of hydrogen-bond acceptors (Lipinski definition) is 4. The van der Waals surface area contributed by atoms with Crippen molar-refractivity contribution in [3.63, 3.8) is 0 Å². The maximum atomic E-state index is 12.2. The van der Waals surface area contributed by atoms with E-state index in [0.717, 1.165) is 9.25 Å². The smallest absolute Gasteiger partial charge is 0.348 e. The molecule has 0 unspecified atom stereocenters. The fraction of sp³-hybridized carbons (Fsp3) is 0.286. The molecule has 1 aromatic heterocycles. The van der Waals surface area contributed by atoms with Gasteiger partial charge in [0.2, 0.25) is 5.69 Å². The summed E-state index contributed by atoms with van der Waals surface area (Å²) in [5, 5.41) is 6.98. The van der Waals surface area contributed by atoms with Crippen LogP contribution in [0.25, 0.3) is 5.69 Å². The molecule has 1 heterocycles. The van der Waals surface area contributed by atoms with Crippen molar-refractivity contribution < 1.29 is 4.79 Å². The number of carbonyl (C=O) groups is 1. The number of halogens is 1. The Labute approximate surface area is 131 Å². The predicted molar refractivity (Wildman–Crippen MR) is 82.7 cm³/mol. The van der Waals surface area contributed by atoms with Crippen LogP contribution in [0.4, 0.5) is 0 Å². The first kappa shape index (κ1) is 16.0. The van der Waals surface area contributed by atoms with Gasteiger partial charge in [0.05, 0.1) is 5.69 Å².